The van der Waals surface area contributed by atoms with Crippen LogP contribution < -0.4 is 10.6 Å². The molecule has 1 saturated carbocycles. The average molecular weight is 603 g/mol. The topological polar surface area (TPSA) is 87.7 Å². The molecule has 40 heavy (non-hydrogen) atoms. The quantitative estimate of drug-likeness (QED) is 0.411. The number of nitrogens with one attached hydrogen (secondary N) is 2. The first-order valence-electron chi connectivity index (χ1n) is 13.6. The highest BCUT2D eigenvalue weighted by atomic mass is 35.5. The van der Waals surface area contributed by atoms with Gasteiger partial charge in [0.1, 0.15) is 11.6 Å². The molecule has 6 rings (SSSR count). The van der Waals surface area contributed by atoms with Crippen molar-refractivity contribution in [1.82, 2.24) is 10.2 Å². The summed E-state index contributed by atoms with van der Waals surface area (Å²) >= 11 is 18.7. The van der Waals surface area contributed by atoms with Crippen LogP contribution in [0, 0.1) is 11.8 Å². The van der Waals surface area contributed by atoms with Crippen LogP contribution in [-0.2, 0) is 25.7 Å². The van der Waals surface area contributed by atoms with Crippen molar-refractivity contribution in [1.29, 1.82) is 0 Å². The molecule has 3 fully saturated rings. The van der Waals surface area contributed by atoms with Gasteiger partial charge in [-0.15, -0.1) is 0 Å². The largest absolute Gasteiger partial charge is 0.356 e. The SMILES string of the molecule is C[C@]12C=C[C@@]3(O1)[C@H](C(=O)NC1CCCCC1)N(Cc1ccccc1Cl)C(=O)[C@H]3[C@H]2C(=O)Nc1ccc(Cl)c(Cl)c1. The lowest BCUT2D eigenvalue weighted by molar-refractivity contribution is -0.145. The molecule has 0 radical (unpaired) electrons. The number of rotatable bonds is 6. The maximum atomic E-state index is 14.3. The number of benzene rings is 2. The van der Waals surface area contributed by atoms with Gasteiger partial charge < -0.3 is 20.3 Å². The van der Waals surface area contributed by atoms with Crippen LogP contribution in [0.4, 0.5) is 5.69 Å². The standard InChI is InChI=1S/C30H30Cl3N3O4/c1-29-13-14-30(40-29)24(23(29)26(37)35-19-11-12-21(32)22(33)15-19)28(39)36(16-17-7-5-6-10-20(17)31)25(30)27(38)34-18-8-3-2-4-9-18/h5-7,10-15,18,23-25H,2-4,8-9,16H2,1H3,(H,34,38)(H,35,37)/t23-,24+,25-,29+,30-/m0/s1. The number of anilines is 1. The zero-order valence-corrected chi connectivity index (χ0v) is 24.2. The molecule has 7 nitrogen and oxygen atoms in total. The number of nitrogens with zero attached hydrogens (tertiary/aromatic N) is 1. The van der Waals surface area contributed by atoms with E-state index in [4.69, 9.17) is 39.5 Å². The number of halogens is 3. The van der Waals surface area contributed by atoms with Gasteiger partial charge in [0.25, 0.3) is 0 Å². The van der Waals surface area contributed by atoms with Crippen LogP contribution in [0.2, 0.25) is 15.1 Å². The van der Waals surface area contributed by atoms with Crippen molar-refractivity contribution in [2.45, 2.75) is 68.9 Å². The summed E-state index contributed by atoms with van der Waals surface area (Å²) in [6.45, 7) is 1.91. The van der Waals surface area contributed by atoms with Gasteiger partial charge in [0, 0.05) is 23.3 Å². The molecule has 2 N–H and O–H groups in total. The van der Waals surface area contributed by atoms with Gasteiger partial charge in [-0.05, 0) is 49.6 Å². The van der Waals surface area contributed by atoms with Gasteiger partial charge in [-0.3, -0.25) is 14.4 Å². The minimum atomic E-state index is -1.29. The summed E-state index contributed by atoms with van der Waals surface area (Å²) in [4.78, 5) is 43.7. The van der Waals surface area contributed by atoms with Crippen LogP contribution in [0.25, 0.3) is 0 Å². The monoisotopic (exact) mass is 601 g/mol. The molecule has 3 amide bonds. The molecule has 0 unspecified atom stereocenters. The predicted octanol–water partition coefficient (Wildman–Crippen LogP) is 5.78. The van der Waals surface area contributed by atoms with Crippen LogP contribution in [0.3, 0.4) is 0 Å². The number of ether oxygens (including phenoxy) is 1. The van der Waals surface area contributed by atoms with E-state index in [2.05, 4.69) is 10.6 Å². The Morgan fingerprint density at radius 1 is 0.975 bits per heavy atom. The van der Waals surface area contributed by atoms with E-state index in [1.807, 2.05) is 30.4 Å². The molecular formula is C30H30Cl3N3O4. The summed E-state index contributed by atoms with van der Waals surface area (Å²) < 4.78 is 6.60. The summed E-state index contributed by atoms with van der Waals surface area (Å²) in [5, 5.41) is 7.25. The number of fused-ring (bicyclic) bond motifs is 1. The molecule has 10 heteroatoms. The Labute approximate surface area is 248 Å². The van der Waals surface area contributed by atoms with E-state index in [1.165, 1.54) is 0 Å². The van der Waals surface area contributed by atoms with Crippen molar-refractivity contribution in [2.75, 3.05) is 5.32 Å². The summed E-state index contributed by atoms with van der Waals surface area (Å²) in [6, 6.07) is 11.1. The number of likely N-dealkylation sites (tertiary alicyclic amines) is 1. The predicted molar refractivity (Wildman–Crippen MR) is 154 cm³/mol. The van der Waals surface area contributed by atoms with E-state index in [1.54, 1.807) is 36.1 Å². The first-order chi connectivity index (χ1) is 19.1. The van der Waals surface area contributed by atoms with E-state index in [-0.39, 0.29) is 24.4 Å². The van der Waals surface area contributed by atoms with E-state index in [0.717, 1.165) is 32.1 Å². The summed E-state index contributed by atoms with van der Waals surface area (Å²) in [5.74, 6) is -2.74. The van der Waals surface area contributed by atoms with Crippen LogP contribution in [0.1, 0.15) is 44.6 Å². The molecule has 2 bridgehead atoms. The van der Waals surface area contributed by atoms with Crippen molar-refractivity contribution in [3.63, 3.8) is 0 Å². The fourth-order valence-electron chi connectivity index (χ4n) is 6.93. The van der Waals surface area contributed by atoms with E-state index in [0.29, 0.717) is 26.3 Å². The Balaban J connectivity index is 1.36. The van der Waals surface area contributed by atoms with Gasteiger partial charge in [0.05, 0.1) is 27.5 Å². The zero-order valence-electron chi connectivity index (χ0n) is 22.0. The highest BCUT2D eigenvalue weighted by Crippen LogP contribution is 2.60. The van der Waals surface area contributed by atoms with Crippen LogP contribution >= 0.6 is 34.8 Å². The Morgan fingerprint density at radius 2 is 1.73 bits per heavy atom. The Bertz CT molecular complexity index is 1410. The van der Waals surface area contributed by atoms with Crippen LogP contribution in [0.15, 0.2) is 54.6 Å². The van der Waals surface area contributed by atoms with Crippen LogP contribution in [0.5, 0.6) is 0 Å². The normalized spacial score (nSPS) is 30.9. The van der Waals surface area contributed by atoms with Crippen molar-refractivity contribution in [3.05, 3.63) is 75.2 Å². The molecule has 0 aromatic heterocycles. The van der Waals surface area contributed by atoms with E-state index < -0.39 is 35.0 Å². The first-order valence-corrected chi connectivity index (χ1v) is 14.8. The van der Waals surface area contributed by atoms with Crippen molar-refractivity contribution < 1.29 is 19.1 Å². The third-order valence-corrected chi connectivity index (χ3v) is 9.87. The summed E-state index contributed by atoms with van der Waals surface area (Å²) in [5.41, 5.74) is -1.19. The number of hydrogen-bond acceptors (Lipinski definition) is 4. The first kappa shape index (κ1) is 27.6. The lowest BCUT2D eigenvalue weighted by Gasteiger charge is -2.34. The lowest BCUT2D eigenvalue weighted by atomic mass is 9.70. The molecule has 2 saturated heterocycles. The zero-order chi connectivity index (χ0) is 28.2. The van der Waals surface area contributed by atoms with Crippen molar-refractivity contribution >= 4 is 58.2 Å². The van der Waals surface area contributed by atoms with Gasteiger partial charge >= 0.3 is 0 Å². The second-order valence-electron chi connectivity index (χ2n) is 11.3. The molecule has 5 atom stereocenters. The lowest BCUT2D eigenvalue weighted by Crippen LogP contribution is -2.56. The molecule has 2 aromatic rings. The minimum absolute atomic E-state index is 0.0425. The van der Waals surface area contributed by atoms with Gasteiger partial charge in [-0.2, -0.15) is 0 Å². The second-order valence-corrected chi connectivity index (χ2v) is 12.6. The molecule has 3 heterocycles. The van der Waals surface area contributed by atoms with E-state index in [9.17, 15) is 14.4 Å². The Kier molecular flexibility index (Phi) is 7.14. The van der Waals surface area contributed by atoms with E-state index >= 15 is 0 Å². The molecule has 3 aliphatic heterocycles. The second kappa shape index (κ2) is 10.4. The van der Waals surface area contributed by atoms with Gasteiger partial charge in [0.2, 0.25) is 17.7 Å². The molecule has 2 aromatic carbocycles. The fraction of sp³-hybridized carbons (Fsp3) is 0.433. The maximum Gasteiger partial charge on any atom is 0.246 e. The average Bonchev–Trinajstić information content (AvgIpc) is 3.49. The number of carbonyl (C=O) groups excluding carboxylic acids is 3. The number of amides is 3. The highest BCUT2D eigenvalue weighted by molar-refractivity contribution is 6.42. The summed E-state index contributed by atoms with van der Waals surface area (Å²) in [6.07, 6.45) is 8.69. The smallest absolute Gasteiger partial charge is 0.246 e. The van der Waals surface area contributed by atoms with Gasteiger partial charge in [0.15, 0.2) is 0 Å². The van der Waals surface area contributed by atoms with Crippen LogP contribution in [-0.4, -0.2) is 45.9 Å². The van der Waals surface area contributed by atoms with Crippen molar-refractivity contribution in [2.24, 2.45) is 11.8 Å². The molecule has 1 spiro atoms. The minimum Gasteiger partial charge on any atom is -0.356 e. The van der Waals surface area contributed by atoms with Gasteiger partial charge in [-0.1, -0.05) is 84.4 Å². The Hall–Kier alpha value is -2.58. The molecule has 1 aliphatic carbocycles. The third-order valence-electron chi connectivity index (χ3n) is 8.76. The molecule has 4 aliphatic rings. The number of hydrogen-bond donors (Lipinski definition) is 2. The number of carbonyl (C=O) groups is 3. The molecular weight excluding hydrogens is 573 g/mol. The Morgan fingerprint density at radius 3 is 2.45 bits per heavy atom. The highest BCUT2D eigenvalue weighted by Gasteiger charge is 2.76. The fourth-order valence-corrected chi connectivity index (χ4v) is 7.42. The van der Waals surface area contributed by atoms with Crippen molar-refractivity contribution in [3.8, 4) is 0 Å². The third kappa shape index (κ3) is 4.51. The maximum absolute atomic E-state index is 14.3. The molecule has 210 valence electrons. The summed E-state index contributed by atoms with van der Waals surface area (Å²) in [7, 11) is 0. The van der Waals surface area contributed by atoms with Gasteiger partial charge in [-0.25, -0.2) is 0 Å².